The molecule has 0 radical (unpaired) electrons. The van der Waals surface area contributed by atoms with E-state index in [4.69, 9.17) is 9.72 Å². The van der Waals surface area contributed by atoms with Crippen molar-refractivity contribution >= 4 is 28.5 Å². The summed E-state index contributed by atoms with van der Waals surface area (Å²) >= 11 is 0. The first-order valence-corrected chi connectivity index (χ1v) is 12.4. The molecule has 0 N–H and O–H groups in total. The molecule has 2 aliphatic rings. The van der Waals surface area contributed by atoms with Gasteiger partial charge in [0.05, 0.1) is 17.6 Å². The fourth-order valence-corrected chi connectivity index (χ4v) is 5.15. The molecule has 2 saturated heterocycles. The third kappa shape index (κ3) is 4.52. The Kier molecular flexibility index (Phi) is 6.52. The number of fused-ring (bicyclic) bond motifs is 1. The number of rotatable bonds is 6. The van der Waals surface area contributed by atoms with Gasteiger partial charge in [-0.3, -0.25) is 9.59 Å². The van der Waals surface area contributed by atoms with E-state index in [0.717, 1.165) is 54.2 Å². The molecular formula is C27H32N4O3. The van der Waals surface area contributed by atoms with Crippen molar-refractivity contribution in [2.45, 2.75) is 51.5 Å². The van der Waals surface area contributed by atoms with Crippen LogP contribution in [-0.2, 0) is 16.1 Å². The van der Waals surface area contributed by atoms with Crippen molar-refractivity contribution in [2.24, 2.45) is 0 Å². The number of hydrogen-bond donors (Lipinski definition) is 0. The SMILES string of the molecule is CCOc1ccc(N2CC(c3nc4ccccc4n3CC(=O)N3CCCCCC3)CC2=O)cc1. The summed E-state index contributed by atoms with van der Waals surface area (Å²) in [7, 11) is 0. The van der Waals surface area contributed by atoms with E-state index in [1.165, 1.54) is 12.8 Å². The van der Waals surface area contributed by atoms with Gasteiger partial charge in [-0.1, -0.05) is 25.0 Å². The molecule has 2 amide bonds. The van der Waals surface area contributed by atoms with Gasteiger partial charge in [0.2, 0.25) is 11.8 Å². The number of likely N-dealkylation sites (tertiary alicyclic amines) is 1. The fourth-order valence-electron chi connectivity index (χ4n) is 5.15. The Balaban J connectivity index is 1.41. The highest BCUT2D eigenvalue weighted by Crippen LogP contribution is 2.34. The maximum atomic E-state index is 13.3. The molecule has 3 aromatic rings. The Morgan fingerprint density at radius 1 is 1.03 bits per heavy atom. The van der Waals surface area contributed by atoms with Gasteiger partial charge >= 0.3 is 0 Å². The molecule has 0 spiro atoms. The van der Waals surface area contributed by atoms with E-state index in [1.807, 2.05) is 69.8 Å². The van der Waals surface area contributed by atoms with E-state index >= 15 is 0 Å². The fraction of sp³-hybridized carbons (Fsp3) is 0.444. The van der Waals surface area contributed by atoms with Gasteiger partial charge in [0.15, 0.2) is 0 Å². The predicted molar refractivity (Wildman–Crippen MR) is 132 cm³/mol. The molecule has 5 rings (SSSR count). The van der Waals surface area contributed by atoms with Crippen LogP contribution in [-0.4, -0.2) is 52.5 Å². The molecule has 7 nitrogen and oxygen atoms in total. The van der Waals surface area contributed by atoms with Crippen LogP contribution in [0, 0.1) is 0 Å². The van der Waals surface area contributed by atoms with Crippen LogP contribution in [0.25, 0.3) is 11.0 Å². The molecule has 1 unspecified atom stereocenters. The number of aromatic nitrogens is 2. The number of amides is 2. The molecule has 1 atom stereocenters. The van der Waals surface area contributed by atoms with Gasteiger partial charge in [-0.2, -0.15) is 0 Å². The first kappa shape index (κ1) is 22.4. The molecule has 1 aromatic heterocycles. The van der Waals surface area contributed by atoms with Crippen LogP contribution >= 0.6 is 0 Å². The van der Waals surface area contributed by atoms with Crippen molar-refractivity contribution in [3.8, 4) is 5.75 Å². The van der Waals surface area contributed by atoms with E-state index in [-0.39, 0.29) is 24.3 Å². The minimum absolute atomic E-state index is 0.0663. The Hall–Kier alpha value is -3.35. The van der Waals surface area contributed by atoms with E-state index < -0.39 is 0 Å². The average Bonchev–Trinajstić information content (AvgIpc) is 3.27. The summed E-state index contributed by atoms with van der Waals surface area (Å²) in [6, 6.07) is 15.6. The van der Waals surface area contributed by atoms with Gasteiger partial charge in [0.25, 0.3) is 0 Å². The zero-order valence-corrected chi connectivity index (χ0v) is 19.8. The summed E-state index contributed by atoms with van der Waals surface area (Å²) in [6.45, 7) is 5.03. The molecule has 178 valence electrons. The lowest BCUT2D eigenvalue weighted by molar-refractivity contribution is -0.131. The zero-order valence-electron chi connectivity index (χ0n) is 19.8. The number of benzene rings is 2. The molecule has 34 heavy (non-hydrogen) atoms. The normalized spacial score (nSPS) is 19.0. The number of carbonyl (C=O) groups excluding carboxylic acids is 2. The molecule has 7 heteroatoms. The molecule has 2 aliphatic heterocycles. The Labute approximate surface area is 200 Å². The first-order chi connectivity index (χ1) is 16.6. The molecule has 3 heterocycles. The highest BCUT2D eigenvalue weighted by molar-refractivity contribution is 5.96. The predicted octanol–water partition coefficient (Wildman–Crippen LogP) is 4.36. The summed E-state index contributed by atoms with van der Waals surface area (Å²) in [5.74, 6) is 1.77. The van der Waals surface area contributed by atoms with Crippen LogP contribution in [0.3, 0.4) is 0 Å². The summed E-state index contributed by atoms with van der Waals surface area (Å²) in [4.78, 5) is 35.0. The van der Waals surface area contributed by atoms with E-state index in [2.05, 4.69) is 0 Å². The standard InChI is InChI=1S/C27H32N4O3/c1-2-34-22-13-11-21(12-14-22)30-18-20(17-25(30)32)27-28-23-9-5-6-10-24(23)31(27)19-26(33)29-15-7-3-4-8-16-29/h5-6,9-14,20H,2-4,7-8,15-19H2,1H3. The smallest absolute Gasteiger partial charge is 0.242 e. The minimum Gasteiger partial charge on any atom is -0.494 e. The number of anilines is 1. The van der Waals surface area contributed by atoms with Crippen molar-refractivity contribution in [3.63, 3.8) is 0 Å². The molecule has 0 aliphatic carbocycles. The largest absolute Gasteiger partial charge is 0.494 e. The molecular weight excluding hydrogens is 428 g/mol. The number of nitrogens with zero attached hydrogens (tertiary/aromatic N) is 4. The molecule has 0 saturated carbocycles. The molecule has 2 aromatic carbocycles. The Bertz CT molecular complexity index is 1160. The average molecular weight is 461 g/mol. The number of hydrogen-bond acceptors (Lipinski definition) is 4. The second-order valence-electron chi connectivity index (χ2n) is 9.17. The zero-order chi connectivity index (χ0) is 23.5. The van der Waals surface area contributed by atoms with Crippen LogP contribution in [0.4, 0.5) is 5.69 Å². The van der Waals surface area contributed by atoms with Crippen molar-refractivity contribution in [2.75, 3.05) is 31.1 Å². The minimum atomic E-state index is -0.0663. The van der Waals surface area contributed by atoms with Crippen molar-refractivity contribution in [1.29, 1.82) is 0 Å². The van der Waals surface area contributed by atoms with Gasteiger partial charge in [-0.25, -0.2) is 4.98 Å². The van der Waals surface area contributed by atoms with Gasteiger partial charge in [0.1, 0.15) is 18.1 Å². The lowest BCUT2D eigenvalue weighted by Crippen LogP contribution is -2.35. The van der Waals surface area contributed by atoms with Crippen LogP contribution < -0.4 is 9.64 Å². The maximum Gasteiger partial charge on any atom is 0.242 e. The Morgan fingerprint density at radius 2 is 1.76 bits per heavy atom. The second kappa shape index (κ2) is 9.87. The number of carbonyl (C=O) groups is 2. The molecule has 0 bridgehead atoms. The van der Waals surface area contributed by atoms with Crippen molar-refractivity contribution in [1.82, 2.24) is 14.5 Å². The van der Waals surface area contributed by atoms with E-state index in [9.17, 15) is 9.59 Å². The second-order valence-corrected chi connectivity index (χ2v) is 9.17. The highest BCUT2D eigenvalue weighted by Gasteiger charge is 2.35. The molecule has 2 fully saturated rings. The highest BCUT2D eigenvalue weighted by atomic mass is 16.5. The van der Waals surface area contributed by atoms with Gasteiger partial charge in [-0.15, -0.1) is 0 Å². The maximum absolute atomic E-state index is 13.3. The Morgan fingerprint density at radius 3 is 2.50 bits per heavy atom. The summed E-state index contributed by atoms with van der Waals surface area (Å²) < 4.78 is 7.58. The quantitative estimate of drug-likeness (QED) is 0.548. The number of imidazole rings is 1. The van der Waals surface area contributed by atoms with Gasteiger partial charge in [-0.05, 0) is 56.2 Å². The van der Waals surface area contributed by atoms with E-state index in [1.54, 1.807) is 0 Å². The number of ether oxygens (including phenoxy) is 1. The van der Waals surface area contributed by atoms with Crippen molar-refractivity contribution in [3.05, 3.63) is 54.4 Å². The van der Waals surface area contributed by atoms with Gasteiger partial charge in [0, 0.05) is 37.7 Å². The summed E-state index contributed by atoms with van der Waals surface area (Å²) in [5, 5.41) is 0. The van der Waals surface area contributed by atoms with Crippen LogP contribution in [0.2, 0.25) is 0 Å². The summed E-state index contributed by atoms with van der Waals surface area (Å²) in [6.07, 6.45) is 4.90. The van der Waals surface area contributed by atoms with Crippen LogP contribution in [0.5, 0.6) is 5.75 Å². The number of para-hydroxylation sites is 2. The monoisotopic (exact) mass is 460 g/mol. The lowest BCUT2D eigenvalue weighted by Gasteiger charge is -2.22. The first-order valence-electron chi connectivity index (χ1n) is 12.4. The van der Waals surface area contributed by atoms with Gasteiger partial charge < -0.3 is 19.1 Å². The third-order valence-corrected chi connectivity index (χ3v) is 6.89. The van der Waals surface area contributed by atoms with Crippen molar-refractivity contribution < 1.29 is 14.3 Å². The van der Waals surface area contributed by atoms with Crippen LogP contribution in [0.1, 0.15) is 50.8 Å². The third-order valence-electron chi connectivity index (χ3n) is 6.89. The lowest BCUT2D eigenvalue weighted by atomic mass is 10.1. The van der Waals surface area contributed by atoms with Crippen LogP contribution in [0.15, 0.2) is 48.5 Å². The van der Waals surface area contributed by atoms with E-state index in [0.29, 0.717) is 19.6 Å². The summed E-state index contributed by atoms with van der Waals surface area (Å²) in [5.41, 5.74) is 2.68. The topological polar surface area (TPSA) is 67.7 Å².